The molecular formula is C28H30N2O5. The topological polar surface area (TPSA) is 105 Å². The number of carboxylic acids is 1. The van der Waals surface area contributed by atoms with Gasteiger partial charge in [-0.05, 0) is 47.9 Å². The number of fused-ring (bicyclic) bond motifs is 3. The van der Waals surface area contributed by atoms with Crippen LogP contribution in [0.15, 0.2) is 73.3 Å². The highest BCUT2D eigenvalue weighted by atomic mass is 16.5. The van der Waals surface area contributed by atoms with Crippen LogP contribution in [0.5, 0.6) is 0 Å². The van der Waals surface area contributed by atoms with Gasteiger partial charge in [0, 0.05) is 11.8 Å². The number of amides is 2. The Morgan fingerprint density at radius 1 is 1.09 bits per heavy atom. The molecule has 0 aromatic heterocycles. The molecule has 7 heteroatoms. The molecular weight excluding hydrogens is 444 g/mol. The monoisotopic (exact) mass is 474 g/mol. The molecule has 4 rings (SSSR count). The molecule has 0 fully saturated rings. The number of benzene rings is 2. The Hall–Kier alpha value is -3.87. The molecule has 182 valence electrons. The zero-order chi connectivity index (χ0) is 24.8. The number of hydrogen-bond acceptors (Lipinski definition) is 4. The van der Waals surface area contributed by atoms with Crippen molar-refractivity contribution in [2.75, 3.05) is 6.61 Å². The van der Waals surface area contributed by atoms with Crippen molar-refractivity contribution in [3.05, 3.63) is 84.5 Å². The third-order valence-corrected chi connectivity index (χ3v) is 6.62. The van der Waals surface area contributed by atoms with Gasteiger partial charge in [-0.2, -0.15) is 0 Å². The predicted octanol–water partition coefficient (Wildman–Crippen LogP) is 4.40. The Balaban J connectivity index is 1.32. The standard InChI is InChI=1S/C28H30N2O5/c1-2-3-15-25(27(32)33)30-26(31)18-9-8-10-19(16-18)29-28(34)35-17-24-22-13-6-4-11-20(22)21-12-5-7-14-23(21)24/h2,4-8,10-14,18-19,24-25H,1,3,9,15-17H2,(H,29,34)(H,30,31)(H,32,33). The second-order valence-corrected chi connectivity index (χ2v) is 8.94. The quantitative estimate of drug-likeness (QED) is 0.468. The Kier molecular flexibility index (Phi) is 7.65. The van der Waals surface area contributed by atoms with Gasteiger partial charge in [0.1, 0.15) is 12.6 Å². The van der Waals surface area contributed by atoms with E-state index in [1.54, 1.807) is 6.08 Å². The van der Waals surface area contributed by atoms with Crippen molar-refractivity contribution in [2.24, 2.45) is 5.92 Å². The Labute approximate surface area is 204 Å². The smallest absolute Gasteiger partial charge is 0.407 e. The van der Waals surface area contributed by atoms with E-state index < -0.39 is 24.0 Å². The number of alkyl carbamates (subject to hydrolysis) is 1. The van der Waals surface area contributed by atoms with Crippen LogP contribution in [0.1, 0.15) is 42.7 Å². The Bertz CT molecular complexity index is 1100. The van der Waals surface area contributed by atoms with Crippen LogP contribution in [0.4, 0.5) is 4.79 Å². The highest BCUT2D eigenvalue weighted by molar-refractivity contribution is 5.85. The van der Waals surface area contributed by atoms with E-state index in [0.717, 1.165) is 22.3 Å². The average molecular weight is 475 g/mol. The number of carbonyl (C=O) groups is 3. The first-order valence-electron chi connectivity index (χ1n) is 11.9. The van der Waals surface area contributed by atoms with E-state index in [4.69, 9.17) is 4.74 Å². The van der Waals surface area contributed by atoms with E-state index >= 15 is 0 Å². The maximum absolute atomic E-state index is 12.7. The summed E-state index contributed by atoms with van der Waals surface area (Å²) >= 11 is 0. The lowest BCUT2D eigenvalue weighted by Gasteiger charge is -2.26. The van der Waals surface area contributed by atoms with E-state index in [1.165, 1.54) is 0 Å². The van der Waals surface area contributed by atoms with E-state index in [2.05, 4.69) is 41.5 Å². The minimum absolute atomic E-state index is 0.0305. The molecule has 0 radical (unpaired) electrons. The minimum Gasteiger partial charge on any atom is -0.480 e. The summed E-state index contributed by atoms with van der Waals surface area (Å²) in [5, 5.41) is 14.8. The molecule has 0 aliphatic heterocycles. The number of rotatable bonds is 9. The lowest BCUT2D eigenvalue weighted by Crippen LogP contribution is -2.46. The summed E-state index contributed by atoms with van der Waals surface area (Å²) in [6.07, 6.45) is 6.40. The molecule has 0 spiro atoms. The molecule has 2 aliphatic rings. The summed E-state index contributed by atoms with van der Waals surface area (Å²) in [6, 6.07) is 15.0. The van der Waals surface area contributed by atoms with Crippen molar-refractivity contribution < 1.29 is 24.2 Å². The van der Waals surface area contributed by atoms with Gasteiger partial charge >= 0.3 is 12.1 Å². The third kappa shape index (κ3) is 5.62. The summed E-state index contributed by atoms with van der Waals surface area (Å²) in [5.74, 6) is -1.86. The molecule has 0 bridgehead atoms. The van der Waals surface area contributed by atoms with Crippen molar-refractivity contribution in [3.8, 4) is 11.1 Å². The number of nitrogens with one attached hydrogen (secondary N) is 2. The molecule has 2 aromatic rings. The van der Waals surface area contributed by atoms with Crippen LogP contribution in [-0.4, -0.2) is 41.8 Å². The first-order valence-corrected chi connectivity index (χ1v) is 11.9. The Morgan fingerprint density at radius 2 is 1.74 bits per heavy atom. The molecule has 3 unspecified atom stereocenters. The second-order valence-electron chi connectivity index (χ2n) is 8.94. The largest absolute Gasteiger partial charge is 0.480 e. The molecule has 2 aliphatic carbocycles. The zero-order valence-electron chi connectivity index (χ0n) is 19.5. The predicted molar refractivity (Wildman–Crippen MR) is 133 cm³/mol. The van der Waals surface area contributed by atoms with Gasteiger partial charge in [0.25, 0.3) is 0 Å². The highest BCUT2D eigenvalue weighted by Gasteiger charge is 2.31. The molecule has 3 atom stereocenters. The van der Waals surface area contributed by atoms with Gasteiger partial charge in [0.2, 0.25) is 5.91 Å². The molecule has 7 nitrogen and oxygen atoms in total. The van der Waals surface area contributed by atoms with Crippen molar-refractivity contribution in [2.45, 2.75) is 43.7 Å². The molecule has 3 N–H and O–H groups in total. The molecule has 35 heavy (non-hydrogen) atoms. The summed E-state index contributed by atoms with van der Waals surface area (Å²) in [7, 11) is 0. The highest BCUT2D eigenvalue weighted by Crippen LogP contribution is 2.44. The number of hydrogen-bond donors (Lipinski definition) is 3. The average Bonchev–Trinajstić information content (AvgIpc) is 3.19. The van der Waals surface area contributed by atoms with Gasteiger partial charge in [0.05, 0.1) is 6.04 Å². The first kappa shape index (κ1) is 24.3. The van der Waals surface area contributed by atoms with Crippen LogP contribution in [0.3, 0.4) is 0 Å². The van der Waals surface area contributed by atoms with Gasteiger partial charge in [-0.1, -0.05) is 66.8 Å². The normalized spacial score (nSPS) is 19.2. The zero-order valence-corrected chi connectivity index (χ0v) is 19.5. The van der Waals surface area contributed by atoms with E-state index in [9.17, 15) is 19.5 Å². The van der Waals surface area contributed by atoms with Crippen LogP contribution in [0.25, 0.3) is 11.1 Å². The van der Waals surface area contributed by atoms with Crippen LogP contribution in [0, 0.1) is 5.92 Å². The first-order chi connectivity index (χ1) is 17.0. The molecule has 0 heterocycles. The minimum atomic E-state index is -1.07. The molecule has 0 saturated heterocycles. The fourth-order valence-corrected chi connectivity index (χ4v) is 4.83. The lowest BCUT2D eigenvalue weighted by atomic mass is 9.90. The summed E-state index contributed by atoms with van der Waals surface area (Å²) in [6.45, 7) is 3.81. The second kappa shape index (κ2) is 11.0. The Morgan fingerprint density at radius 3 is 2.37 bits per heavy atom. The van der Waals surface area contributed by atoms with E-state index in [1.807, 2.05) is 36.4 Å². The number of allylic oxidation sites excluding steroid dienone is 2. The van der Waals surface area contributed by atoms with Gasteiger partial charge < -0.3 is 20.5 Å². The number of carbonyl (C=O) groups excluding carboxylic acids is 2. The van der Waals surface area contributed by atoms with Crippen LogP contribution >= 0.6 is 0 Å². The fourth-order valence-electron chi connectivity index (χ4n) is 4.83. The number of ether oxygens (including phenoxy) is 1. The number of carboxylic acid groups (broad SMARTS) is 1. The maximum Gasteiger partial charge on any atom is 0.407 e. The van der Waals surface area contributed by atoms with Gasteiger partial charge in [0.15, 0.2) is 0 Å². The van der Waals surface area contributed by atoms with Crippen LogP contribution in [0.2, 0.25) is 0 Å². The van der Waals surface area contributed by atoms with Crippen molar-refractivity contribution in [3.63, 3.8) is 0 Å². The van der Waals surface area contributed by atoms with Crippen molar-refractivity contribution >= 4 is 18.0 Å². The third-order valence-electron chi connectivity index (χ3n) is 6.62. The van der Waals surface area contributed by atoms with Gasteiger partial charge in [-0.15, -0.1) is 6.58 Å². The molecule has 2 amide bonds. The molecule has 2 aromatic carbocycles. The lowest BCUT2D eigenvalue weighted by molar-refractivity contribution is -0.142. The summed E-state index contributed by atoms with van der Waals surface area (Å²) in [4.78, 5) is 36.7. The maximum atomic E-state index is 12.7. The van der Waals surface area contributed by atoms with Crippen LogP contribution < -0.4 is 10.6 Å². The number of aliphatic carboxylic acids is 1. The van der Waals surface area contributed by atoms with Gasteiger partial charge in [-0.3, -0.25) is 4.79 Å². The SMILES string of the molecule is C=CCCC(NC(=O)C1CC=CC(NC(=O)OCC2c3ccccc3-c3ccccc32)C1)C(=O)O. The molecule has 0 saturated carbocycles. The van der Waals surface area contributed by atoms with Crippen molar-refractivity contribution in [1.29, 1.82) is 0 Å². The van der Waals surface area contributed by atoms with E-state index in [-0.39, 0.29) is 30.9 Å². The van der Waals surface area contributed by atoms with Crippen molar-refractivity contribution in [1.82, 2.24) is 10.6 Å². The van der Waals surface area contributed by atoms with E-state index in [0.29, 0.717) is 19.3 Å². The summed E-state index contributed by atoms with van der Waals surface area (Å²) in [5.41, 5.74) is 4.60. The van der Waals surface area contributed by atoms with Crippen LogP contribution in [-0.2, 0) is 14.3 Å². The fraction of sp³-hybridized carbons (Fsp3) is 0.321. The summed E-state index contributed by atoms with van der Waals surface area (Å²) < 4.78 is 5.61. The van der Waals surface area contributed by atoms with Gasteiger partial charge in [-0.25, -0.2) is 9.59 Å².